The monoisotopic (exact) mass is 423 g/mol. The molecule has 0 spiro atoms. The molecule has 0 unspecified atom stereocenters. The molecule has 0 aliphatic carbocycles. The molecule has 0 fully saturated rings. The molecule has 0 radical (unpaired) electrons. The Morgan fingerprint density at radius 3 is 1.36 bits per heavy atom. The standard InChI is InChI=1S/C21H45NO2.BrH/c1-6-9-10-11-12-13-14-15-16-17-18-19-20-22(5)21(4,23-7-2)24-8-3;/h6-20H2,1-5H3;1H. The molecule has 25 heavy (non-hydrogen) atoms. The van der Waals surface area contributed by atoms with Gasteiger partial charge in [-0.1, -0.05) is 77.6 Å². The molecule has 154 valence electrons. The average molecular weight is 425 g/mol. The first-order valence-electron chi connectivity index (χ1n) is 10.6. The van der Waals surface area contributed by atoms with Gasteiger partial charge in [0.2, 0.25) is 5.91 Å². The smallest absolute Gasteiger partial charge is 0.226 e. The number of hydrogen-bond acceptors (Lipinski definition) is 3. The third kappa shape index (κ3) is 15.1. The third-order valence-electron chi connectivity index (χ3n) is 4.86. The molecule has 0 bridgehead atoms. The third-order valence-corrected chi connectivity index (χ3v) is 4.86. The maximum atomic E-state index is 5.79. The van der Waals surface area contributed by atoms with Crippen LogP contribution in [-0.4, -0.2) is 37.6 Å². The zero-order valence-electron chi connectivity index (χ0n) is 17.8. The molecular formula is C21H46BrNO2. The van der Waals surface area contributed by atoms with E-state index in [1.807, 2.05) is 20.8 Å². The van der Waals surface area contributed by atoms with Crippen LogP contribution in [-0.2, 0) is 9.47 Å². The number of hydrogen-bond donors (Lipinski definition) is 0. The van der Waals surface area contributed by atoms with Crippen LogP contribution in [0, 0.1) is 0 Å². The highest BCUT2D eigenvalue weighted by Crippen LogP contribution is 2.18. The van der Waals surface area contributed by atoms with Crippen molar-refractivity contribution in [1.82, 2.24) is 4.90 Å². The summed E-state index contributed by atoms with van der Waals surface area (Å²) in [7, 11) is 2.10. The number of rotatable bonds is 18. The van der Waals surface area contributed by atoms with Gasteiger partial charge in [0.25, 0.3) is 0 Å². The fourth-order valence-electron chi connectivity index (χ4n) is 3.19. The molecule has 0 N–H and O–H groups in total. The van der Waals surface area contributed by atoms with Gasteiger partial charge in [0, 0.05) is 26.7 Å². The van der Waals surface area contributed by atoms with Gasteiger partial charge in [0.05, 0.1) is 0 Å². The number of halogens is 1. The molecular weight excluding hydrogens is 378 g/mol. The Kier molecular flexibility index (Phi) is 21.1. The topological polar surface area (TPSA) is 21.7 Å². The normalized spacial score (nSPS) is 11.8. The van der Waals surface area contributed by atoms with Crippen molar-refractivity contribution < 1.29 is 9.47 Å². The summed E-state index contributed by atoms with van der Waals surface area (Å²) in [5.74, 6) is -0.568. The first-order chi connectivity index (χ1) is 11.6. The zero-order valence-corrected chi connectivity index (χ0v) is 19.5. The molecule has 0 saturated carbocycles. The molecule has 3 nitrogen and oxygen atoms in total. The molecule has 0 amide bonds. The van der Waals surface area contributed by atoms with Crippen molar-refractivity contribution in [3.8, 4) is 0 Å². The van der Waals surface area contributed by atoms with E-state index >= 15 is 0 Å². The van der Waals surface area contributed by atoms with E-state index in [2.05, 4.69) is 18.9 Å². The van der Waals surface area contributed by atoms with Crippen molar-refractivity contribution >= 4 is 17.0 Å². The lowest BCUT2D eigenvalue weighted by Crippen LogP contribution is -2.49. The lowest BCUT2D eigenvalue weighted by atomic mass is 10.1. The zero-order chi connectivity index (χ0) is 18.1. The van der Waals surface area contributed by atoms with Crippen LogP contribution in [0.25, 0.3) is 0 Å². The predicted molar refractivity (Wildman–Crippen MR) is 116 cm³/mol. The van der Waals surface area contributed by atoms with Gasteiger partial charge >= 0.3 is 0 Å². The fraction of sp³-hybridized carbons (Fsp3) is 1.00. The van der Waals surface area contributed by atoms with Crippen molar-refractivity contribution in [2.75, 3.05) is 26.8 Å². The highest BCUT2D eigenvalue weighted by molar-refractivity contribution is 8.93. The van der Waals surface area contributed by atoms with E-state index in [1.54, 1.807) is 0 Å². The summed E-state index contributed by atoms with van der Waals surface area (Å²) in [5, 5.41) is 0. The van der Waals surface area contributed by atoms with Gasteiger partial charge < -0.3 is 9.47 Å². The van der Waals surface area contributed by atoms with Gasteiger partial charge in [0.1, 0.15) is 0 Å². The Labute approximate surface area is 169 Å². The molecule has 0 rings (SSSR count). The number of nitrogens with zero attached hydrogens (tertiary/aromatic N) is 1. The van der Waals surface area contributed by atoms with Crippen LogP contribution in [0.1, 0.15) is 105 Å². The summed E-state index contributed by atoms with van der Waals surface area (Å²) in [4.78, 5) is 2.20. The molecule has 0 aliphatic rings. The Morgan fingerprint density at radius 1 is 0.640 bits per heavy atom. The number of unbranched alkanes of at least 4 members (excludes halogenated alkanes) is 11. The van der Waals surface area contributed by atoms with Crippen molar-refractivity contribution in [2.45, 2.75) is 111 Å². The Morgan fingerprint density at radius 2 is 1.00 bits per heavy atom. The van der Waals surface area contributed by atoms with E-state index < -0.39 is 5.91 Å². The van der Waals surface area contributed by atoms with Gasteiger partial charge in [-0.3, -0.25) is 4.90 Å². The lowest BCUT2D eigenvalue weighted by molar-refractivity contribution is -0.298. The van der Waals surface area contributed by atoms with Crippen molar-refractivity contribution in [1.29, 1.82) is 0 Å². The van der Waals surface area contributed by atoms with Gasteiger partial charge in [-0.2, -0.15) is 0 Å². The second-order valence-electron chi connectivity index (χ2n) is 7.07. The molecule has 0 saturated heterocycles. The van der Waals surface area contributed by atoms with E-state index in [0.717, 1.165) is 6.54 Å². The van der Waals surface area contributed by atoms with Crippen LogP contribution in [0.5, 0.6) is 0 Å². The van der Waals surface area contributed by atoms with Crippen LogP contribution in [0.15, 0.2) is 0 Å². The van der Waals surface area contributed by atoms with Gasteiger partial charge in [-0.05, 0) is 27.3 Å². The molecule has 0 atom stereocenters. The summed E-state index contributed by atoms with van der Waals surface area (Å²) >= 11 is 0. The highest BCUT2D eigenvalue weighted by Gasteiger charge is 2.29. The first kappa shape index (κ1) is 27.6. The highest BCUT2D eigenvalue weighted by atomic mass is 79.9. The predicted octanol–water partition coefficient (Wildman–Crippen LogP) is 6.94. The summed E-state index contributed by atoms with van der Waals surface area (Å²) < 4.78 is 11.6. The summed E-state index contributed by atoms with van der Waals surface area (Å²) in [5.41, 5.74) is 0. The van der Waals surface area contributed by atoms with Crippen LogP contribution in [0.3, 0.4) is 0 Å². The van der Waals surface area contributed by atoms with E-state index in [1.165, 1.54) is 77.0 Å². The SMILES string of the molecule is Br.CCCCCCCCCCCCCCN(C)C(C)(OCC)OCC. The van der Waals surface area contributed by atoms with Crippen LogP contribution in [0.2, 0.25) is 0 Å². The Bertz CT molecular complexity index is 258. The quantitative estimate of drug-likeness (QED) is 0.176. The second kappa shape index (κ2) is 19.1. The summed E-state index contributed by atoms with van der Waals surface area (Å²) in [6, 6.07) is 0. The minimum atomic E-state index is -0.568. The van der Waals surface area contributed by atoms with Gasteiger partial charge in [-0.25, -0.2) is 0 Å². The molecule has 0 aromatic heterocycles. The van der Waals surface area contributed by atoms with Crippen LogP contribution < -0.4 is 0 Å². The van der Waals surface area contributed by atoms with Crippen LogP contribution >= 0.6 is 17.0 Å². The van der Waals surface area contributed by atoms with Crippen molar-refractivity contribution in [3.63, 3.8) is 0 Å². The molecule has 0 aliphatic heterocycles. The molecule has 0 heterocycles. The first-order valence-corrected chi connectivity index (χ1v) is 10.6. The number of ether oxygens (including phenoxy) is 2. The Balaban J connectivity index is 0. The molecule has 4 heteroatoms. The van der Waals surface area contributed by atoms with Crippen LogP contribution in [0.4, 0.5) is 0 Å². The maximum absolute atomic E-state index is 5.79. The Hall–Kier alpha value is 0.360. The minimum absolute atomic E-state index is 0. The second-order valence-corrected chi connectivity index (χ2v) is 7.07. The summed E-state index contributed by atoms with van der Waals surface area (Å²) in [6.07, 6.45) is 16.7. The van der Waals surface area contributed by atoms with Crippen molar-refractivity contribution in [2.24, 2.45) is 0 Å². The summed E-state index contributed by atoms with van der Waals surface area (Å²) in [6.45, 7) is 10.8. The lowest BCUT2D eigenvalue weighted by Gasteiger charge is -2.37. The van der Waals surface area contributed by atoms with Gasteiger partial charge in [-0.15, -0.1) is 17.0 Å². The molecule has 0 aromatic carbocycles. The minimum Gasteiger partial charge on any atom is -0.338 e. The maximum Gasteiger partial charge on any atom is 0.226 e. The van der Waals surface area contributed by atoms with E-state index in [-0.39, 0.29) is 17.0 Å². The van der Waals surface area contributed by atoms with Crippen molar-refractivity contribution in [3.05, 3.63) is 0 Å². The van der Waals surface area contributed by atoms with Gasteiger partial charge in [0.15, 0.2) is 0 Å². The van der Waals surface area contributed by atoms with E-state index in [9.17, 15) is 0 Å². The van der Waals surface area contributed by atoms with E-state index in [0.29, 0.717) is 13.2 Å². The fourth-order valence-corrected chi connectivity index (χ4v) is 3.19. The average Bonchev–Trinajstić information content (AvgIpc) is 2.56. The molecule has 0 aromatic rings. The largest absolute Gasteiger partial charge is 0.338 e. The van der Waals surface area contributed by atoms with E-state index in [4.69, 9.17) is 9.47 Å².